The van der Waals surface area contributed by atoms with E-state index in [-0.39, 0.29) is 18.3 Å². The number of pyridine rings is 2. The van der Waals surface area contributed by atoms with Crippen molar-refractivity contribution in [2.24, 2.45) is 0 Å². The van der Waals surface area contributed by atoms with Crippen LogP contribution in [0.1, 0.15) is 61.1 Å². The van der Waals surface area contributed by atoms with Crippen LogP contribution in [-0.2, 0) is 9.31 Å². The zero-order valence-corrected chi connectivity index (χ0v) is 36.8. The molecule has 0 amide bonds. The molecule has 1 fully saturated rings. The molecule has 2 aromatic heterocycles. The second kappa shape index (κ2) is 18.2. The Hall–Kier alpha value is -5.20. The lowest BCUT2D eigenvalue weighted by molar-refractivity contribution is 0.00578. The van der Waals surface area contributed by atoms with Crippen LogP contribution in [-0.4, -0.2) is 28.3 Å². The Morgan fingerprint density at radius 2 is 1.09 bits per heavy atom. The second-order valence-corrected chi connectivity index (χ2v) is 16.6. The van der Waals surface area contributed by atoms with Crippen molar-refractivity contribution in [2.45, 2.75) is 66.6 Å². The van der Waals surface area contributed by atoms with Crippen LogP contribution in [0.4, 0.5) is 11.6 Å². The molecule has 294 valence electrons. The Labute approximate surface area is 359 Å². The Morgan fingerprint density at radius 1 is 0.655 bits per heavy atom. The summed E-state index contributed by atoms with van der Waals surface area (Å²) in [5.41, 5.74) is 20.9. The Balaban J connectivity index is 0.000000173. The molecule has 1 saturated heterocycles. The highest BCUT2D eigenvalue weighted by atomic mass is 79.9. The van der Waals surface area contributed by atoms with Crippen molar-refractivity contribution in [3.05, 3.63) is 133 Å². The van der Waals surface area contributed by atoms with Gasteiger partial charge in [-0.3, -0.25) is 0 Å². The molecule has 0 aliphatic carbocycles. The molecule has 1 aliphatic rings. The SMILES string of the molecule is Cc1cc(/C=C/C#N)cc(C)c1-c1cccc2c(N)nc(Cl)cc12.Cc1cc(/C=C/C#N)cc(C)c1B1OC(C)(C)C(C)(C)O1.Nc1nc(Cl)cc2c(Br)cccc12. The number of fused-ring (bicyclic) bond motifs is 2. The van der Waals surface area contributed by atoms with Gasteiger partial charge in [0, 0.05) is 32.8 Å². The predicted molar refractivity (Wildman–Crippen MR) is 246 cm³/mol. The number of hydrogen-bond donors (Lipinski definition) is 2. The van der Waals surface area contributed by atoms with Crippen molar-refractivity contribution in [1.82, 2.24) is 9.97 Å². The molecule has 4 N–H and O–H groups in total. The third-order valence-corrected chi connectivity index (χ3v) is 11.4. The van der Waals surface area contributed by atoms with Crippen molar-refractivity contribution in [3.63, 3.8) is 0 Å². The van der Waals surface area contributed by atoms with Gasteiger partial charge in [0.25, 0.3) is 0 Å². The van der Waals surface area contributed by atoms with E-state index >= 15 is 0 Å². The summed E-state index contributed by atoms with van der Waals surface area (Å²) in [6.45, 7) is 16.5. The first-order valence-electron chi connectivity index (χ1n) is 18.4. The van der Waals surface area contributed by atoms with E-state index in [0.717, 1.165) is 76.0 Å². The van der Waals surface area contributed by atoms with Gasteiger partial charge in [-0.1, -0.05) is 105 Å². The van der Waals surface area contributed by atoms with E-state index in [1.54, 1.807) is 6.07 Å². The molecule has 0 unspecified atom stereocenters. The molecule has 4 aromatic carbocycles. The monoisotopic (exact) mass is 872 g/mol. The summed E-state index contributed by atoms with van der Waals surface area (Å²) in [4.78, 5) is 8.10. The van der Waals surface area contributed by atoms with E-state index in [9.17, 15) is 0 Å². The van der Waals surface area contributed by atoms with Crippen LogP contribution >= 0.6 is 39.1 Å². The van der Waals surface area contributed by atoms with E-state index in [2.05, 4.69) is 112 Å². The fourth-order valence-electron chi connectivity index (χ4n) is 6.94. The molecule has 1 aliphatic heterocycles. The van der Waals surface area contributed by atoms with Gasteiger partial charge in [-0.25, -0.2) is 9.97 Å². The summed E-state index contributed by atoms with van der Waals surface area (Å²) in [7, 11) is -0.344. The van der Waals surface area contributed by atoms with Gasteiger partial charge in [-0.2, -0.15) is 10.5 Å². The highest BCUT2D eigenvalue weighted by Crippen LogP contribution is 2.38. The summed E-state index contributed by atoms with van der Waals surface area (Å²) in [5, 5.41) is 21.9. The van der Waals surface area contributed by atoms with Gasteiger partial charge in [0.05, 0.1) is 23.3 Å². The number of aryl methyl sites for hydroxylation is 4. The number of hydrogen-bond acceptors (Lipinski definition) is 8. The highest BCUT2D eigenvalue weighted by Gasteiger charge is 2.52. The molecule has 58 heavy (non-hydrogen) atoms. The van der Waals surface area contributed by atoms with Crippen molar-refractivity contribution >= 4 is 97.0 Å². The number of benzene rings is 4. The number of aromatic nitrogens is 2. The first kappa shape index (κ1) is 43.9. The smallest absolute Gasteiger partial charge is 0.399 e. The third-order valence-electron chi connectivity index (χ3n) is 10.3. The van der Waals surface area contributed by atoms with E-state index in [1.165, 1.54) is 12.2 Å². The van der Waals surface area contributed by atoms with Crippen LogP contribution in [0.3, 0.4) is 0 Å². The van der Waals surface area contributed by atoms with Crippen LogP contribution in [0.2, 0.25) is 10.3 Å². The van der Waals surface area contributed by atoms with Crippen molar-refractivity contribution in [2.75, 3.05) is 11.5 Å². The largest absolute Gasteiger partial charge is 0.495 e. The fraction of sp³-hybridized carbons (Fsp3) is 0.217. The first-order chi connectivity index (χ1) is 27.4. The summed E-state index contributed by atoms with van der Waals surface area (Å²) < 4.78 is 13.3. The lowest BCUT2D eigenvalue weighted by Gasteiger charge is -2.32. The molecule has 0 atom stereocenters. The van der Waals surface area contributed by atoms with E-state index in [1.807, 2.05) is 60.7 Å². The molecule has 0 spiro atoms. The Kier molecular flexibility index (Phi) is 13.8. The van der Waals surface area contributed by atoms with Crippen molar-refractivity contribution in [1.29, 1.82) is 10.5 Å². The van der Waals surface area contributed by atoms with Gasteiger partial charge < -0.3 is 20.8 Å². The maximum Gasteiger partial charge on any atom is 0.495 e. The molecule has 3 heterocycles. The molecule has 0 saturated carbocycles. The summed E-state index contributed by atoms with van der Waals surface area (Å²) in [5.74, 6) is 0.895. The number of allylic oxidation sites excluding steroid dienone is 2. The molecule has 8 nitrogen and oxygen atoms in total. The normalized spacial score (nSPS) is 14.2. The zero-order chi connectivity index (χ0) is 42.5. The van der Waals surface area contributed by atoms with Gasteiger partial charge in [-0.15, -0.1) is 0 Å². The number of anilines is 2. The number of nitriles is 2. The summed E-state index contributed by atoms with van der Waals surface area (Å²) in [6, 6.07) is 27.7. The quantitative estimate of drug-likeness (QED) is 0.101. The molecular weight excluding hydrogens is 830 g/mol. The van der Waals surface area contributed by atoms with Crippen LogP contribution in [0.15, 0.2) is 89.4 Å². The third kappa shape index (κ3) is 9.73. The van der Waals surface area contributed by atoms with E-state index in [4.69, 9.17) is 54.5 Å². The van der Waals surface area contributed by atoms with E-state index < -0.39 is 0 Å². The topological polar surface area (TPSA) is 144 Å². The van der Waals surface area contributed by atoms with Gasteiger partial charge in [0.1, 0.15) is 21.9 Å². The van der Waals surface area contributed by atoms with E-state index in [0.29, 0.717) is 21.9 Å². The first-order valence-corrected chi connectivity index (χ1v) is 20.0. The van der Waals surface area contributed by atoms with Gasteiger partial charge in [-0.05, 0) is 130 Å². The molecule has 0 radical (unpaired) electrons. The summed E-state index contributed by atoms with van der Waals surface area (Å²) >= 11 is 15.3. The van der Waals surface area contributed by atoms with Gasteiger partial charge in [0.15, 0.2) is 0 Å². The lowest BCUT2D eigenvalue weighted by atomic mass is 9.73. The van der Waals surface area contributed by atoms with Crippen LogP contribution in [0, 0.1) is 50.4 Å². The number of rotatable bonds is 4. The van der Waals surface area contributed by atoms with Crippen molar-refractivity contribution in [3.8, 4) is 23.3 Å². The number of halogens is 3. The lowest BCUT2D eigenvalue weighted by Crippen LogP contribution is -2.41. The van der Waals surface area contributed by atoms with Crippen LogP contribution in [0.5, 0.6) is 0 Å². The fourth-order valence-corrected chi connectivity index (χ4v) is 7.83. The molecule has 0 bridgehead atoms. The second-order valence-electron chi connectivity index (χ2n) is 15.0. The van der Waals surface area contributed by atoms with Crippen LogP contribution < -0.4 is 16.9 Å². The minimum atomic E-state index is -0.344. The Bertz CT molecular complexity index is 2620. The standard InChI is InChI=1S/C20H16ClN3.C17H22BNO2.C9H6BrClN2/c1-12-9-14(5-4-8-22)10-13(2)19(12)15-6-3-7-16-17(15)11-18(21)24-20(16)23;1-12-10-14(8-7-9-19)11-13(2)15(12)18-20-16(3,4)17(5,6)21-18;10-7-3-1-2-5-6(7)4-8(11)13-9(5)12/h3-7,9-11H,1-2H3,(H2,23,24);7-8,10-11H,1-6H3;1-4H,(H2,12,13)/b5-4+;8-7+;. The predicted octanol–water partition coefficient (Wildman–Crippen LogP) is 11.7. The number of nitrogens with two attached hydrogens (primary N) is 2. The summed E-state index contributed by atoms with van der Waals surface area (Å²) in [6.07, 6.45) is 6.60. The van der Waals surface area contributed by atoms with Gasteiger partial charge in [0.2, 0.25) is 0 Å². The van der Waals surface area contributed by atoms with Crippen LogP contribution in [0.25, 0.3) is 44.8 Å². The molecule has 12 heteroatoms. The molecule has 6 aromatic rings. The number of nitrogen functional groups attached to an aromatic ring is 2. The average Bonchev–Trinajstić information content (AvgIpc) is 3.35. The van der Waals surface area contributed by atoms with Crippen molar-refractivity contribution < 1.29 is 9.31 Å². The average molecular weight is 875 g/mol. The number of nitrogens with zero attached hydrogens (tertiary/aromatic N) is 4. The molecular formula is C46H44BBrCl2N6O2. The molecule has 7 rings (SSSR count). The highest BCUT2D eigenvalue weighted by molar-refractivity contribution is 9.10. The minimum absolute atomic E-state index is 0.337. The maximum absolute atomic E-state index is 8.70. The Morgan fingerprint density at radius 3 is 1.57 bits per heavy atom. The minimum Gasteiger partial charge on any atom is -0.399 e. The zero-order valence-electron chi connectivity index (χ0n) is 33.7. The van der Waals surface area contributed by atoms with Gasteiger partial charge >= 0.3 is 7.12 Å². The maximum atomic E-state index is 8.70.